The predicted molar refractivity (Wildman–Crippen MR) is 117 cm³/mol. The van der Waals surface area contributed by atoms with Crippen molar-refractivity contribution in [1.82, 2.24) is 5.32 Å². The van der Waals surface area contributed by atoms with Gasteiger partial charge in [-0.25, -0.2) is 0 Å². The van der Waals surface area contributed by atoms with Gasteiger partial charge in [-0.1, -0.05) is 48.5 Å². The molecule has 3 rings (SSSR count). The van der Waals surface area contributed by atoms with Gasteiger partial charge in [-0.3, -0.25) is 4.79 Å². The number of aryl methyl sites for hydroxylation is 1. The molecule has 0 saturated carbocycles. The minimum absolute atomic E-state index is 0.112. The van der Waals surface area contributed by atoms with E-state index < -0.39 is 0 Å². The van der Waals surface area contributed by atoms with Gasteiger partial charge in [0.15, 0.2) is 6.79 Å². The molecule has 154 valence electrons. The fourth-order valence-electron chi connectivity index (χ4n) is 3.54. The van der Waals surface area contributed by atoms with Crippen molar-refractivity contribution in [3.8, 4) is 11.8 Å². The second kappa shape index (κ2) is 10.4. The molecule has 5 heteroatoms. The van der Waals surface area contributed by atoms with Gasteiger partial charge >= 0.3 is 0 Å². The van der Waals surface area contributed by atoms with Crippen LogP contribution in [0.25, 0.3) is 10.8 Å². The first kappa shape index (κ1) is 21.4. The number of benzene rings is 3. The van der Waals surface area contributed by atoms with E-state index in [0.29, 0.717) is 30.6 Å². The van der Waals surface area contributed by atoms with Crippen LogP contribution in [-0.4, -0.2) is 19.8 Å². The molecule has 0 unspecified atom stereocenters. The zero-order chi connectivity index (χ0) is 21.3. The lowest BCUT2D eigenvalue weighted by atomic mass is 9.98. The molecule has 3 aromatic carbocycles. The van der Waals surface area contributed by atoms with Crippen LogP contribution in [0.5, 0.6) is 5.75 Å². The molecule has 0 aliphatic rings. The van der Waals surface area contributed by atoms with E-state index in [9.17, 15) is 4.79 Å². The van der Waals surface area contributed by atoms with E-state index in [2.05, 4.69) is 29.6 Å². The second-order valence-corrected chi connectivity index (χ2v) is 7.15. The van der Waals surface area contributed by atoms with Crippen LogP contribution in [0.3, 0.4) is 0 Å². The quantitative estimate of drug-likeness (QED) is 0.396. The molecule has 5 nitrogen and oxygen atoms in total. The fraction of sp³-hybridized carbons (Fsp3) is 0.280. The third-order valence-corrected chi connectivity index (χ3v) is 5.04. The summed E-state index contributed by atoms with van der Waals surface area (Å²) < 4.78 is 10.5. The summed E-state index contributed by atoms with van der Waals surface area (Å²) in [6, 6.07) is 21.7. The number of carbonyl (C=O) groups excluding carboxylic acids is 1. The SMILES string of the molecule is COCOc1ccc(CCCC#N)c(C(=O)N[C@H](C)c2cccc3ccccc23)c1. The summed E-state index contributed by atoms with van der Waals surface area (Å²) >= 11 is 0. The Bertz CT molecular complexity index is 1050. The van der Waals surface area contributed by atoms with Crippen LogP contribution in [-0.2, 0) is 11.2 Å². The summed E-state index contributed by atoms with van der Waals surface area (Å²) in [5.41, 5.74) is 2.53. The van der Waals surface area contributed by atoms with Crippen molar-refractivity contribution in [3.63, 3.8) is 0 Å². The Balaban J connectivity index is 1.85. The average Bonchev–Trinajstić information content (AvgIpc) is 2.77. The molecule has 0 aromatic heterocycles. The number of methoxy groups -OCH3 is 1. The molecule has 0 heterocycles. The lowest BCUT2D eigenvalue weighted by Crippen LogP contribution is -2.27. The lowest BCUT2D eigenvalue weighted by Gasteiger charge is -2.18. The maximum absolute atomic E-state index is 13.2. The van der Waals surface area contributed by atoms with Gasteiger partial charge in [0, 0.05) is 19.1 Å². The number of nitrogens with one attached hydrogen (secondary N) is 1. The second-order valence-electron chi connectivity index (χ2n) is 7.15. The largest absolute Gasteiger partial charge is 0.468 e. The Labute approximate surface area is 177 Å². The Morgan fingerprint density at radius 1 is 1.13 bits per heavy atom. The molecule has 1 N–H and O–H groups in total. The number of fused-ring (bicyclic) bond motifs is 1. The molecule has 0 spiro atoms. The third-order valence-electron chi connectivity index (χ3n) is 5.04. The molecule has 0 bridgehead atoms. The summed E-state index contributed by atoms with van der Waals surface area (Å²) in [6.45, 7) is 2.10. The van der Waals surface area contributed by atoms with Crippen LogP contribution in [0.2, 0.25) is 0 Å². The van der Waals surface area contributed by atoms with E-state index in [1.54, 1.807) is 13.2 Å². The molecule has 30 heavy (non-hydrogen) atoms. The first-order valence-corrected chi connectivity index (χ1v) is 10.0. The number of ether oxygens (including phenoxy) is 2. The highest BCUT2D eigenvalue weighted by Gasteiger charge is 2.17. The molecule has 0 radical (unpaired) electrons. The molecule has 0 aliphatic heterocycles. The van der Waals surface area contributed by atoms with Crippen LogP contribution in [0, 0.1) is 11.3 Å². The minimum Gasteiger partial charge on any atom is -0.468 e. The minimum atomic E-state index is -0.167. The number of unbranched alkanes of at least 4 members (excludes halogenated alkanes) is 1. The van der Waals surface area contributed by atoms with Crippen LogP contribution in [0.4, 0.5) is 0 Å². The molecule has 0 aliphatic carbocycles. The van der Waals surface area contributed by atoms with Crippen molar-refractivity contribution in [2.75, 3.05) is 13.9 Å². The summed E-state index contributed by atoms with van der Waals surface area (Å²) in [5, 5.41) is 14.2. The van der Waals surface area contributed by atoms with Crippen molar-refractivity contribution in [3.05, 3.63) is 77.4 Å². The Kier molecular flexibility index (Phi) is 7.42. The first-order chi connectivity index (χ1) is 14.6. The van der Waals surface area contributed by atoms with E-state index >= 15 is 0 Å². The van der Waals surface area contributed by atoms with Crippen molar-refractivity contribution >= 4 is 16.7 Å². The van der Waals surface area contributed by atoms with Gasteiger partial charge < -0.3 is 14.8 Å². The van der Waals surface area contributed by atoms with E-state index in [4.69, 9.17) is 14.7 Å². The summed E-state index contributed by atoms with van der Waals surface area (Å²) in [7, 11) is 1.55. The molecular weight excluding hydrogens is 376 g/mol. The number of hydrogen-bond donors (Lipinski definition) is 1. The fourth-order valence-corrected chi connectivity index (χ4v) is 3.54. The zero-order valence-corrected chi connectivity index (χ0v) is 17.4. The maximum Gasteiger partial charge on any atom is 0.252 e. The summed E-state index contributed by atoms with van der Waals surface area (Å²) in [4.78, 5) is 13.2. The van der Waals surface area contributed by atoms with Gasteiger partial charge in [0.25, 0.3) is 5.91 Å². The van der Waals surface area contributed by atoms with Gasteiger partial charge in [-0.15, -0.1) is 0 Å². The normalized spacial score (nSPS) is 11.6. The van der Waals surface area contributed by atoms with E-state index in [0.717, 1.165) is 21.9 Å². The number of nitrogens with zero attached hydrogens (tertiary/aromatic N) is 1. The topological polar surface area (TPSA) is 71.3 Å². The monoisotopic (exact) mass is 402 g/mol. The zero-order valence-electron chi connectivity index (χ0n) is 17.4. The molecule has 1 atom stereocenters. The van der Waals surface area contributed by atoms with Gasteiger partial charge in [0.05, 0.1) is 12.1 Å². The smallest absolute Gasteiger partial charge is 0.252 e. The van der Waals surface area contributed by atoms with Crippen LogP contribution in [0.1, 0.15) is 47.3 Å². The highest BCUT2D eigenvalue weighted by molar-refractivity contribution is 5.97. The lowest BCUT2D eigenvalue weighted by molar-refractivity contribution is 0.0510. The molecule has 3 aromatic rings. The number of carbonyl (C=O) groups is 1. The molecular formula is C25H26N2O3. The molecule has 0 saturated heterocycles. The third kappa shape index (κ3) is 5.16. The molecule has 0 fully saturated rings. The Morgan fingerprint density at radius 2 is 1.93 bits per heavy atom. The number of rotatable bonds is 9. The van der Waals surface area contributed by atoms with Crippen LogP contribution < -0.4 is 10.1 Å². The predicted octanol–water partition coefficient (Wildman–Crippen LogP) is 5.16. The Hall–Kier alpha value is -3.36. The maximum atomic E-state index is 13.2. The molecule has 1 amide bonds. The van der Waals surface area contributed by atoms with Gasteiger partial charge in [0.2, 0.25) is 0 Å². The highest BCUT2D eigenvalue weighted by atomic mass is 16.7. The highest BCUT2D eigenvalue weighted by Crippen LogP contribution is 2.25. The van der Waals surface area contributed by atoms with Gasteiger partial charge in [0.1, 0.15) is 5.75 Å². The number of hydrogen-bond acceptors (Lipinski definition) is 4. The Morgan fingerprint density at radius 3 is 2.73 bits per heavy atom. The van der Waals surface area contributed by atoms with Gasteiger partial charge in [-0.2, -0.15) is 5.26 Å². The van der Waals surface area contributed by atoms with Gasteiger partial charge in [-0.05, 0) is 53.8 Å². The van der Waals surface area contributed by atoms with E-state index in [1.807, 2.05) is 43.3 Å². The number of nitriles is 1. The standard InChI is InChI=1S/C25H26N2O3/c1-18(22-12-7-10-19-8-3-4-11-23(19)22)27-25(28)24-16-21(30-17-29-2)14-13-20(24)9-5-6-15-26/h3-4,7-8,10-14,16,18H,5-6,9,17H2,1-2H3,(H,27,28)/t18-/m1/s1. The summed E-state index contributed by atoms with van der Waals surface area (Å²) in [6.07, 6.45) is 1.81. The van der Waals surface area contributed by atoms with Crippen molar-refractivity contribution < 1.29 is 14.3 Å². The van der Waals surface area contributed by atoms with E-state index in [1.165, 1.54) is 0 Å². The van der Waals surface area contributed by atoms with Crippen LogP contribution in [0.15, 0.2) is 60.7 Å². The first-order valence-electron chi connectivity index (χ1n) is 10.0. The van der Waals surface area contributed by atoms with Crippen LogP contribution >= 0.6 is 0 Å². The number of amides is 1. The van der Waals surface area contributed by atoms with Crippen molar-refractivity contribution in [1.29, 1.82) is 5.26 Å². The van der Waals surface area contributed by atoms with Crippen molar-refractivity contribution in [2.45, 2.75) is 32.2 Å². The van der Waals surface area contributed by atoms with E-state index in [-0.39, 0.29) is 18.7 Å². The summed E-state index contributed by atoms with van der Waals surface area (Å²) in [5.74, 6) is 0.411. The average molecular weight is 402 g/mol. The van der Waals surface area contributed by atoms with Crippen molar-refractivity contribution in [2.24, 2.45) is 0 Å².